The largest absolute Gasteiger partial charge is 0.392 e. The molecule has 1 aliphatic rings. The summed E-state index contributed by atoms with van der Waals surface area (Å²) in [5.74, 6) is 0.572. The zero-order valence-electron chi connectivity index (χ0n) is 22.0. The fourth-order valence-electron chi connectivity index (χ4n) is 4.30. The molecule has 0 saturated carbocycles. The van der Waals surface area contributed by atoms with Crippen LogP contribution in [0.15, 0.2) is 60.0 Å². The van der Waals surface area contributed by atoms with E-state index in [0.29, 0.717) is 30.8 Å². The Morgan fingerprint density at radius 2 is 1.95 bits per heavy atom. The Hall–Kier alpha value is -3.25. The van der Waals surface area contributed by atoms with Crippen LogP contribution in [0.2, 0.25) is 0 Å². The van der Waals surface area contributed by atoms with Gasteiger partial charge in [-0.1, -0.05) is 54.6 Å². The van der Waals surface area contributed by atoms with E-state index in [2.05, 4.69) is 25.8 Å². The number of unbranched alkanes of at least 4 members (excludes halogenated alkanes) is 2. The lowest BCUT2D eigenvalue weighted by Crippen LogP contribution is -2.31. The second kappa shape index (κ2) is 14.8. The number of amides is 2. The SMILES string of the molecule is CC(=O)NCCCCCC(=O)Nc1cccc(C2OC(CSc3ncn[nH]3)CC(c3ccc(CO)cc3)O2)c1. The Morgan fingerprint density at radius 1 is 1.10 bits per heavy atom. The predicted octanol–water partition coefficient (Wildman–Crippen LogP) is 4.27. The summed E-state index contributed by atoms with van der Waals surface area (Å²) >= 11 is 1.54. The molecule has 10 nitrogen and oxygen atoms in total. The van der Waals surface area contributed by atoms with Gasteiger partial charge in [0.1, 0.15) is 6.33 Å². The zero-order valence-corrected chi connectivity index (χ0v) is 22.8. The molecular formula is C28H35N5O5S. The smallest absolute Gasteiger partial charge is 0.224 e. The van der Waals surface area contributed by atoms with E-state index in [1.54, 1.807) is 0 Å². The van der Waals surface area contributed by atoms with Crippen LogP contribution in [0.25, 0.3) is 0 Å². The van der Waals surface area contributed by atoms with Gasteiger partial charge in [0.05, 0.1) is 18.8 Å². The van der Waals surface area contributed by atoms with Crippen molar-refractivity contribution in [2.24, 2.45) is 0 Å². The van der Waals surface area contributed by atoms with E-state index in [-0.39, 0.29) is 30.6 Å². The second-order valence-corrected chi connectivity index (χ2v) is 10.4. The lowest BCUT2D eigenvalue weighted by atomic mass is 10.0. The fraction of sp³-hybridized carbons (Fsp3) is 0.429. The minimum absolute atomic E-state index is 0.0103. The maximum absolute atomic E-state index is 12.5. The van der Waals surface area contributed by atoms with E-state index in [4.69, 9.17) is 9.47 Å². The molecule has 3 unspecified atom stereocenters. The molecular weight excluding hydrogens is 518 g/mol. The van der Waals surface area contributed by atoms with Gasteiger partial charge in [0, 0.05) is 43.3 Å². The quantitative estimate of drug-likeness (QED) is 0.182. The molecule has 208 valence electrons. The van der Waals surface area contributed by atoms with Gasteiger partial charge in [-0.05, 0) is 36.1 Å². The van der Waals surface area contributed by atoms with Crippen LogP contribution in [0.1, 0.15) is 68.1 Å². The molecule has 0 spiro atoms. The van der Waals surface area contributed by atoms with Crippen molar-refractivity contribution in [3.8, 4) is 0 Å². The topological polar surface area (TPSA) is 138 Å². The standard InChI is InChI=1S/C28H35N5O5S/c1-19(35)29-13-4-2-3-8-26(36)32-23-7-5-6-22(14-23)27-37-24(17-39-28-30-18-31-33-28)15-25(38-27)21-11-9-20(16-34)10-12-21/h5-7,9-12,14,18,24-25,27,34H,2-4,8,13,15-17H2,1H3,(H,29,35)(H,32,36)(H,30,31,33). The van der Waals surface area contributed by atoms with Gasteiger partial charge in [-0.2, -0.15) is 5.10 Å². The molecule has 2 heterocycles. The number of thioether (sulfide) groups is 1. The molecule has 2 amide bonds. The summed E-state index contributed by atoms with van der Waals surface area (Å²) in [6.45, 7) is 2.12. The third-order valence-electron chi connectivity index (χ3n) is 6.31. The molecule has 2 aromatic carbocycles. The van der Waals surface area contributed by atoms with Gasteiger partial charge in [0.2, 0.25) is 11.8 Å². The molecule has 1 saturated heterocycles. The van der Waals surface area contributed by atoms with Gasteiger partial charge in [0.15, 0.2) is 11.4 Å². The first-order valence-corrected chi connectivity index (χ1v) is 14.1. The average Bonchev–Trinajstić information content (AvgIpc) is 3.47. The number of aliphatic hydroxyl groups is 1. The van der Waals surface area contributed by atoms with Crippen LogP contribution in [-0.2, 0) is 25.7 Å². The molecule has 4 rings (SSSR count). The van der Waals surface area contributed by atoms with Crippen molar-refractivity contribution in [2.75, 3.05) is 17.6 Å². The minimum Gasteiger partial charge on any atom is -0.392 e. The number of benzene rings is 2. The lowest BCUT2D eigenvalue weighted by Gasteiger charge is -2.36. The first kappa shape index (κ1) is 28.8. The Labute approximate surface area is 232 Å². The first-order valence-electron chi connectivity index (χ1n) is 13.1. The molecule has 1 fully saturated rings. The third kappa shape index (κ3) is 9.17. The first-order chi connectivity index (χ1) is 19.0. The molecule has 39 heavy (non-hydrogen) atoms. The molecule has 1 aromatic heterocycles. The van der Waals surface area contributed by atoms with Gasteiger partial charge in [-0.3, -0.25) is 14.7 Å². The number of aliphatic hydroxyl groups excluding tert-OH is 1. The van der Waals surface area contributed by atoms with Gasteiger partial charge < -0.3 is 25.2 Å². The molecule has 0 bridgehead atoms. The summed E-state index contributed by atoms with van der Waals surface area (Å²) < 4.78 is 12.8. The van der Waals surface area contributed by atoms with E-state index in [9.17, 15) is 14.7 Å². The van der Waals surface area contributed by atoms with Crippen LogP contribution in [-0.4, -0.2) is 50.5 Å². The maximum atomic E-state index is 12.5. The van der Waals surface area contributed by atoms with Crippen LogP contribution in [0, 0.1) is 0 Å². The Morgan fingerprint density at radius 3 is 2.69 bits per heavy atom. The monoisotopic (exact) mass is 553 g/mol. The minimum atomic E-state index is -0.618. The summed E-state index contributed by atoms with van der Waals surface area (Å²) in [5, 5.41) is 22.6. The van der Waals surface area contributed by atoms with Gasteiger partial charge in [-0.25, -0.2) is 4.98 Å². The molecule has 3 atom stereocenters. The summed E-state index contributed by atoms with van der Waals surface area (Å²) in [7, 11) is 0. The zero-order chi connectivity index (χ0) is 27.5. The third-order valence-corrected chi connectivity index (χ3v) is 7.32. The normalized spacial score (nSPS) is 19.0. The summed E-state index contributed by atoms with van der Waals surface area (Å²) in [5.41, 5.74) is 3.36. The van der Waals surface area contributed by atoms with E-state index < -0.39 is 6.29 Å². The lowest BCUT2D eigenvalue weighted by molar-refractivity contribution is -0.245. The predicted molar refractivity (Wildman–Crippen MR) is 148 cm³/mol. The van der Waals surface area contributed by atoms with Crippen LogP contribution in [0.5, 0.6) is 0 Å². The highest BCUT2D eigenvalue weighted by molar-refractivity contribution is 7.99. The number of hydrogen-bond acceptors (Lipinski definition) is 8. The number of nitrogens with zero attached hydrogens (tertiary/aromatic N) is 2. The Balaban J connectivity index is 1.38. The highest BCUT2D eigenvalue weighted by Gasteiger charge is 2.32. The summed E-state index contributed by atoms with van der Waals surface area (Å²) in [4.78, 5) is 27.6. The number of rotatable bonds is 13. The molecule has 11 heteroatoms. The molecule has 4 N–H and O–H groups in total. The Kier molecular flexibility index (Phi) is 10.9. The van der Waals surface area contributed by atoms with Crippen molar-refractivity contribution in [1.29, 1.82) is 0 Å². The van der Waals surface area contributed by atoms with Crippen molar-refractivity contribution in [2.45, 2.75) is 69.3 Å². The Bertz CT molecular complexity index is 1190. The molecule has 3 aromatic rings. The number of nitrogens with one attached hydrogen (secondary N) is 3. The fourth-order valence-corrected chi connectivity index (χ4v) is 5.09. The number of H-pyrrole nitrogens is 1. The van der Waals surface area contributed by atoms with Crippen molar-refractivity contribution in [3.05, 3.63) is 71.5 Å². The van der Waals surface area contributed by atoms with E-state index in [0.717, 1.165) is 41.1 Å². The van der Waals surface area contributed by atoms with Crippen molar-refractivity contribution < 1.29 is 24.2 Å². The van der Waals surface area contributed by atoms with Crippen LogP contribution in [0.3, 0.4) is 0 Å². The van der Waals surface area contributed by atoms with Gasteiger partial charge in [0.25, 0.3) is 0 Å². The number of anilines is 1. The maximum Gasteiger partial charge on any atom is 0.224 e. The number of hydrogen-bond donors (Lipinski definition) is 4. The van der Waals surface area contributed by atoms with Gasteiger partial charge >= 0.3 is 0 Å². The highest BCUT2D eigenvalue weighted by Crippen LogP contribution is 2.39. The summed E-state index contributed by atoms with van der Waals surface area (Å²) in [6, 6.07) is 15.3. The summed E-state index contributed by atoms with van der Waals surface area (Å²) in [6.07, 6.45) is 4.08. The number of aromatic nitrogens is 3. The van der Waals surface area contributed by atoms with Crippen molar-refractivity contribution in [1.82, 2.24) is 20.5 Å². The van der Waals surface area contributed by atoms with Gasteiger partial charge in [-0.15, -0.1) is 0 Å². The van der Waals surface area contributed by atoms with Crippen molar-refractivity contribution >= 4 is 29.3 Å². The number of carbonyl (C=O) groups is 2. The number of ether oxygens (including phenoxy) is 2. The molecule has 1 aliphatic heterocycles. The molecule has 0 aliphatic carbocycles. The highest BCUT2D eigenvalue weighted by atomic mass is 32.2. The van der Waals surface area contributed by atoms with Crippen molar-refractivity contribution in [3.63, 3.8) is 0 Å². The second-order valence-electron chi connectivity index (χ2n) is 9.42. The van der Waals surface area contributed by atoms with Crippen LogP contribution < -0.4 is 10.6 Å². The van der Waals surface area contributed by atoms with Crippen LogP contribution in [0.4, 0.5) is 5.69 Å². The average molecular weight is 554 g/mol. The van der Waals surface area contributed by atoms with E-state index in [1.165, 1.54) is 25.0 Å². The van der Waals surface area contributed by atoms with E-state index >= 15 is 0 Å². The van der Waals surface area contributed by atoms with Crippen LogP contribution >= 0.6 is 11.8 Å². The van der Waals surface area contributed by atoms with E-state index in [1.807, 2.05) is 48.5 Å². The number of aromatic amines is 1. The molecule has 0 radical (unpaired) electrons. The number of carbonyl (C=O) groups excluding carboxylic acids is 2.